The Hall–Kier alpha value is -2.27. The molecule has 0 radical (unpaired) electrons. The molecule has 5 heteroatoms. The summed E-state index contributed by atoms with van der Waals surface area (Å²) in [6.45, 7) is 2.33. The van der Waals surface area contributed by atoms with Crippen LogP contribution >= 0.6 is 0 Å². The van der Waals surface area contributed by atoms with Gasteiger partial charge in [-0.3, -0.25) is 9.69 Å². The monoisotopic (exact) mass is 269 g/mol. The average molecular weight is 269 g/mol. The molecule has 20 heavy (non-hydrogen) atoms. The normalized spacial score (nSPS) is 14.8. The van der Waals surface area contributed by atoms with Gasteiger partial charge in [0.2, 0.25) is 0 Å². The summed E-state index contributed by atoms with van der Waals surface area (Å²) in [7, 11) is 0. The molecule has 5 nitrogen and oxygen atoms in total. The molecule has 102 valence electrons. The van der Waals surface area contributed by atoms with Gasteiger partial charge in [0.05, 0.1) is 0 Å². The number of benzene rings is 1. The number of carbonyl (C=O) groups is 1. The number of rotatable bonds is 3. The lowest BCUT2D eigenvalue weighted by atomic mass is 10.0. The van der Waals surface area contributed by atoms with Crippen LogP contribution in [-0.2, 0) is 19.5 Å². The molecule has 0 unspecified atom stereocenters. The first kappa shape index (κ1) is 12.7. The first-order chi connectivity index (χ1) is 9.76. The van der Waals surface area contributed by atoms with E-state index < -0.39 is 5.69 Å². The fourth-order valence-electron chi connectivity index (χ4n) is 2.60. The van der Waals surface area contributed by atoms with E-state index in [2.05, 4.69) is 27.0 Å². The Labute approximate surface area is 116 Å². The van der Waals surface area contributed by atoms with E-state index in [9.17, 15) is 9.59 Å². The highest BCUT2D eigenvalue weighted by Crippen LogP contribution is 2.19. The lowest BCUT2D eigenvalue weighted by Gasteiger charge is -2.28. The second-order valence-corrected chi connectivity index (χ2v) is 4.95. The van der Waals surface area contributed by atoms with Crippen molar-refractivity contribution in [3.63, 3.8) is 0 Å². The summed E-state index contributed by atoms with van der Waals surface area (Å²) in [5, 5.41) is 0. The average Bonchev–Trinajstić information content (AvgIpc) is 2.48. The van der Waals surface area contributed by atoms with Gasteiger partial charge in [0.1, 0.15) is 5.69 Å². The Bertz CT molecular complexity index is 679. The van der Waals surface area contributed by atoms with E-state index >= 15 is 0 Å². The smallest absolute Gasteiger partial charge is 0.309 e. The zero-order valence-corrected chi connectivity index (χ0v) is 11.0. The van der Waals surface area contributed by atoms with E-state index in [1.807, 2.05) is 18.2 Å². The van der Waals surface area contributed by atoms with Crippen LogP contribution in [0, 0.1) is 0 Å². The van der Waals surface area contributed by atoms with Crippen molar-refractivity contribution in [2.24, 2.45) is 0 Å². The number of fused-ring (bicyclic) bond motifs is 1. The lowest BCUT2D eigenvalue weighted by molar-refractivity contribution is 0.111. The SMILES string of the molecule is O=Cc1nc(=O)[nH]c2c1CN(Cc1ccccc1)CC2. The molecule has 1 aliphatic heterocycles. The quantitative estimate of drug-likeness (QED) is 0.849. The molecule has 1 aromatic heterocycles. The summed E-state index contributed by atoms with van der Waals surface area (Å²) >= 11 is 0. The van der Waals surface area contributed by atoms with Crippen LogP contribution in [0.1, 0.15) is 27.3 Å². The molecule has 1 N–H and O–H groups in total. The fraction of sp³-hybridized carbons (Fsp3) is 0.267. The predicted octanol–water partition coefficient (Wildman–Crippen LogP) is 1.14. The molecule has 0 fully saturated rings. The summed E-state index contributed by atoms with van der Waals surface area (Å²) in [5.74, 6) is 0. The Morgan fingerprint density at radius 3 is 2.85 bits per heavy atom. The van der Waals surface area contributed by atoms with Gasteiger partial charge in [-0.1, -0.05) is 30.3 Å². The summed E-state index contributed by atoms with van der Waals surface area (Å²) in [6.07, 6.45) is 1.40. The van der Waals surface area contributed by atoms with Crippen LogP contribution in [0.25, 0.3) is 0 Å². The van der Waals surface area contributed by atoms with Crippen molar-refractivity contribution in [2.45, 2.75) is 19.5 Å². The third kappa shape index (κ3) is 2.53. The number of H-pyrrole nitrogens is 1. The molecule has 1 aromatic carbocycles. The van der Waals surface area contributed by atoms with Crippen molar-refractivity contribution in [1.82, 2.24) is 14.9 Å². The summed E-state index contributed by atoms with van der Waals surface area (Å²) in [5.41, 5.74) is 2.75. The maximum absolute atomic E-state index is 11.4. The van der Waals surface area contributed by atoms with E-state index in [-0.39, 0.29) is 5.69 Å². The number of hydrogen-bond acceptors (Lipinski definition) is 4. The number of aldehydes is 1. The molecular formula is C15H15N3O2. The lowest BCUT2D eigenvalue weighted by Crippen LogP contribution is -2.34. The summed E-state index contributed by atoms with van der Waals surface area (Å²) in [4.78, 5) is 31.1. The third-order valence-electron chi connectivity index (χ3n) is 3.57. The zero-order valence-electron chi connectivity index (χ0n) is 11.0. The van der Waals surface area contributed by atoms with Gasteiger partial charge in [0.15, 0.2) is 6.29 Å². The Morgan fingerprint density at radius 2 is 2.10 bits per heavy atom. The minimum atomic E-state index is -0.442. The van der Waals surface area contributed by atoms with Gasteiger partial charge < -0.3 is 4.98 Å². The largest absolute Gasteiger partial charge is 0.345 e. The van der Waals surface area contributed by atoms with Crippen LogP contribution in [0.5, 0.6) is 0 Å². The van der Waals surface area contributed by atoms with Crippen LogP contribution < -0.4 is 5.69 Å². The van der Waals surface area contributed by atoms with Gasteiger partial charge in [-0.25, -0.2) is 4.79 Å². The maximum atomic E-state index is 11.4. The van der Waals surface area contributed by atoms with Gasteiger partial charge >= 0.3 is 5.69 Å². The van der Waals surface area contributed by atoms with E-state index in [1.54, 1.807) is 0 Å². The van der Waals surface area contributed by atoms with Crippen molar-refractivity contribution in [3.05, 3.63) is 63.3 Å². The van der Waals surface area contributed by atoms with Gasteiger partial charge in [-0.05, 0) is 5.56 Å². The minimum Gasteiger partial charge on any atom is -0.309 e. The zero-order chi connectivity index (χ0) is 13.9. The first-order valence-corrected chi connectivity index (χ1v) is 6.60. The molecule has 1 aliphatic rings. The molecule has 0 spiro atoms. The van der Waals surface area contributed by atoms with Gasteiger partial charge in [0.25, 0.3) is 0 Å². The van der Waals surface area contributed by atoms with E-state index in [4.69, 9.17) is 0 Å². The second-order valence-electron chi connectivity index (χ2n) is 4.95. The molecule has 2 heterocycles. The highest BCUT2D eigenvalue weighted by atomic mass is 16.1. The molecule has 3 rings (SSSR count). The number of nitrogens with zero attached hydrogens (tertiary/aromatic N) is 2. The fourth-order valence-corrected chi connectivity index (χ4v) is 2.60. The number of carbonyl (C=O) groups excluding carboxylic acids is 1. The number of aromatic nitrogens is 2. The van der Waals surface area contributed by atoms with Crippen LogP contribution in [-0.4, -0.2) is 27.7 Å². The Kier molecular flexibility index (Phi) is 3.43. The van der Waals surface area contributed by atoms with Crippen molar-refractivity contribution in [1.29, 1.82) is 0 Å². The number of aromatic amines is 1. The molecular weight excluding hydrogens is 254 g/mol. The van der Waals surface area contributed by atoms with Crippen LogP contribution in [0.15, 0.2) is 35.1 Å². The van der Waals surface area contributed by atoms with Gasteiger partial charge in [0, 0.05) is 37.3 Å². The van der Waals surface area contributed by atoms with E-state index in [0.717, 1.165) is 30.8 Å². The van der Waals surface area contributed by atoms with Crippen molar-refractivity contribution in [3.8, 4) is 0 Å². The van der Waals surface area contributed by atoms with Crippen molar-refractivity contribution < 1.29 is 4.79 Å². The molecule has 0 saturated heterocycles. The molecule has 0 saturated carbocycles. The second kappa shape index (κ2) is 5.38. The van der Waals surface area contributed by atoms with Crippen LogP contribution in [0.2, 0.25) is 0 Å². The van der Waals surface area contributed by atoms with Crippen LogP contribution in [0.4, 0.5) is 0 Å². The standard InChI is InChI=1S/C15H15N3O2/c19-10-14-12-9-18(8-11-4-2-1-3-5-11)7-6-13(12)16-15(20)17-14/h1-5,10H,6-9H2,(H,16,17,20). The first-order valence-electron chi connectivity index (χ1n) is 6.60. The highest BCUT2D eigenvalue weighted by Gasteiger charge is 2.21. The number of hydrogen-bond donors (Lipinski definition) is 1. The Morgan fingerprint density at radius 1 is 1.30 bits per heavy atom. The maximum Gasteiger partial charge on any atom is 0.345 e. The predicted molar refractivity (Wildman–Crippen MR) is 74.5 cm³/mol. The van der Waals surface area contributed by atoms with Gasteiger partial charge in [-0.2, -0.15) is 4.98 Å². The highest BCUT2D eigenvalue weighted by molar-refractivity contribution is 5.74. The van der Waals surface area contributed by atoms with Crippen molar-refractivity contribution in [2.75, 3.05) is 6.54 Å². The number of nitrogens with one attached hydrogen (secondary N) is 1. The molecule has 2 aromatic rings. The summed E-state index contributed by atoms with van der Waals surface area (Å²) < 4.78 is 0. The molecule has 0 atom stereocenters. The molecule has 0 bridgehead atoms. The molecule has 0 aliphatic carbocycles. The van der Waals surface area contributed by atoms with E-state index in [1.165, 1.54) is 5.56 Å². The third-order valence-corrected chi connectivity index (χ3v) is 3.57. The summed E-state index contributed by atoms with van der Waals surface area (Å²) in [6, 6.07) is 10.2. The van der Waals surface area contributed by atoms with Crippen LogP contribution in [0.3, 0.4) is 0 Å². The topological polar surface area (TPSA) is 66.1 Å². The van der Waals surface area contributed by atoms with E-state index in [0.29, 0.717) is 12.8 Å². The van der Waals surface area contributed by atoms with Gasteiger partial charge in [-0.15, -0.1) is 0 Å². The minimum absolute atomic E-state index is 0.265. The Balaban J connectivity index is 1.85. The molecule has 0 amide bonds. The van der Waals surface area contributed by atoms with Crippen molar-refractivity contribution >= 4 is 6.29 Å².